The first-order chi connectivity index (χ1) is 19.4. The number of amides is 1. The molecule has 1 aliphatic rings. The lowest BCUT2D eigenvalue weighted by Crippen LogP contribution is -2.37. The molecule has 0 bridgehead atoms. The maximum Gasteiger partial charge on any atom is 0.303 e. The van der Waals surface area contributed by atoms with E-state index in [9.17, 15) is 9.59 Å². The zero-order valence-electron chi connectivity index (χ0n) is 23.1. The Kier molecular flexibility index (Phi) is 8.39. The minimum absolute atomic E-state index is 0.0216. The third kappa shape index (κ3) is 6.14. The van der Waals surface area contributed by atoms with Crippen LogP contribution in [-0.4, -0.2) is 52.1 Å². The topological polar surface area (TPSA) is 92.6 Å². The summed E-state index contributed by atoms with van der Waals surface area (Å²) >= 11 is 0. The van der Waals surface area contributed by atoms with Crippen LogP contribution in [0.2, 0.25) is 0 Å². The molecule has 40 heavy (non-hydrogen) atoms. The second kappa shape index (κ2) is 12.3. The van der Waals surface area contributed by atoms with Crippen molar-refractivity contribution in [3.05, 3.63) is 89.1 Å². The van der Waals surface area contributed by atoms with Crippen LogP contribution >= 0.6 is 0 Å². The molecule has 7 nitrogen and oxygen atoms in total. The average molecular weight is 538 g/mol. The molecule has 0 atom stereocenters. The molecule has 1 N–H and O–H groups in total. The van der Waals surface area contributed by atoms with Gasteiger partial charge < -0.3 is 14.7 Å². The second-order valence-corrected chi connectivity index (χ2v) is 10.5. The number of nitrogens with zero attached hydrogens (tertiary/aromatic N) is 3. The van der Waals surface area contributed by atoms with Gasteiger partial charge in [0.1, 0.15) is 5.75 Å². The van der Waals surface area contributed by atoms with Gasteiger partial charge in [-0.3, -0.25) is 9.59 Å². The van der Waals surface area contributed by atoms with Crippen LogP contribution in [0.5, 0.6) is 5.75 Å². The first-order valence-electron chi connectivity index (χ1n) is 13.9. The van der Waals surface area contributed by atoms with Gasteiger partial charge in [-0.05, 0) is 92.5 Å². The van der Waals surface area contributed by atoms with E-state index in [0.29, 0.717) is 36.3 Å². The number of hydrogen-bond acceptors (Lipinski definition) is 5. The van der Waals surface area contributed by atoms with Crippen LogP contribution in [0.3, 0.4) is 0 Å². The molecule has 1 aromatic heterocycles. The minimum atomic E-state index is -0.799. The van der Waals surface area contributed by atoms with Gasteiger partial charge in [0.2, 0.25) is 0 Å². The number of aryl methyl sites for hydroxylation is 2. The Morgan fingerprint density at radius 1 is 0.950 bits per heavy atom. The Morgan fingerprint density at radius 2 is 1.73 bits per heavy atom. The highest BCUT2D eigenvalue weighted by Gasteiger charge is 2.25. The van der Waals surface area contributed by atoms with E-state index in [1.807, 2.05) is 54.3 Å². The number of piperidine rings is 1. The number of rotatable bonds is 9. The van der Waals surface area contributed by atoms with Crippen molar-refractivity contribution in [3.63, 3.8) is 0 Å². The predicted molar refractivity (Wildman–Crippen MR) is 156 cm³/mol. The molecule has 1 amide bonds. The standard InChI is InChI=1S/C33H35N3O4/c1-22-20-26(40-2)13-14-27(22)32-29(10-6-7-11-31(37)38)34-30-21-25(12-15-28(30)35-32)33(39)36-18-16-24(17-19-36)23-8-4-3-5-9-23/h3-5,8-9,12-15,20-21,24H,6-7,10-11,16-19H2,1-2H3,(H,37,38). The molecule has 3 aromatic carbocycles. The van der Waals surface area contributed by atoms with Crippen molar-refractivity contribution in [2.45, 2.75) is 51.4 Å². The van der Waals surface area contributed by atoms with Crippen molar-refractivity contribution in [2.24, 2.45) is 0 Å². The van der Waals surface area contributed by atoms with Gasteiger partial charge >= 0.3 is 5.97 Å². The first-order valence-corrected chi connectivity index (χ1v) is 13.9. The first kappa shape index (κ1) is 27.3. The number of aromatic nitrogens is 2. The van der Waals surface area contributed by atoms with Crippen LogP contribution < -0.4 is 4.74 Å². The van der Waals surface area contributed by atoms with E-state index in [2.05, 4.69) is 24.3 Å². The molecule has 1 fully saturated rings. The number of hydrogen-bond donors (Lipinski definition) is 1. The lowest BCUT2D eigenvalue weighted by atomic mass is 9.89. The molecule has 0 saturated carbocycles. The third-order valence-corrected chi connectivity index (χ3v) is 7.78. The summed E-state index contributed by atoms with van der Waals surface area (Å²) in [6, 6.07) is 22.0. The predicted octanol–water partition coefficient (Wildman–Crippen LogP) is 6.43. The van der Waals surface area contributed by atoms with E-state index in [4.69, 9.17) is 19.8 Å². The maximum atomic E-state index is 13.4. The highest BCUT2D eigenvalue weighted by Crippen LogP contribution is 2.31. The molecule has 0 aliphatic carbocycles. The fourth-order valence-electron chi connectivity index (χ4n) is 5.54. The summed E-state index contributed by atoms with van der Waals surface area (Å²) in [7, 11) is 1.64. The normalized spacial score (nSPS) is 13.9. The van der Waals surface area contributed by atoms with Crippen LogP contribution in [0, 0.1) is 6.92 Å². The summed E-state index contributed by atoms with van der Waals surface area (Å²) in [5, 5.41) is 9.06. The molecule has 1 aliphatic heterocycles. The molecule has 4 aromatic rings. The lowest BCUT2D eigenvalue weighted by molar-refractivity contribution is -0.137. The summed E-state index contributed by atoms with van der Waals surface area (Å²) in [5.41, 5.74) is 6.92. The van der Waals surface area contributed by atoms with E-state index in [1.165, 1.54) is 5.56 Å². The van der Waals surface area contributed by atoms with Crippen molar-refractivity contribution in [1.82, 2.24) is 14.9 Å². The Balaban J connectivity index is 1.40. The molecule has 7 heteroatoms. The molecule has 2 heterocycles. The Bertz CT molecular complexity index is 1510. The monoisotopic (exact) mass is 537 g/mol. The van der Waals surface area contributed by atoms with Crippen LogP contribution in [0.4, 0.5) is 0 Å². The molecule has 1 saturated heterocycles. The maximum absolute atomic E-state index is 13.4. The van der Waals surface area contributed by atoms with Gasteiger partial charge in [0.05, 0.1) is 29.5 Å². The number of ether oxygens (including phenoxy) is 1. The number of carboxylic acids is 1. The van der Waals surface area contributed by atoms with E-state index in [0.717, 1.165) is 59.7 Å². The van der Waals surface area contributed by atoms with Gasteiger partial charge in [-0.2, -0.15) is 0 Å². The van der Waals surface area contributed by atoms with E-state index in [1.54, 1.807) is 7.11 Å². The summed E-state index contributed by atoms with van der Waals surface area (Å²) in [5.74, 6) is 0.477. The highest BCUT2D eigenvalue weighted by molar-refractivity contribution is 5.97. The van der Waals surface area contributed by atoms with Crippen LogP contribution in [-0.2, 0) is 11.2 Å². The van der Waals surface area contributed by atoms with Crippen molar-refractivity contribution < 1.29 is 19.4 Å². The summed E-state index contributed by atoms with van der Waals surface area (Å²) < 4.78 is 5.37. The molecule has 5 rings (SSSR count). The zero-order valence-corrected chi connectivity index (χ0v) is 23.1. The van der Waals surface area contributed by atoms with Crippen molar-refractivity contribution >= 4 is 22.9 Å². The number of carboxylic acid groups (broad SMARTS) is 1. The van der Waals surface area contributed by atoms with Crippen molar-refractivity contribution in [2.75, 3.05) is 20.2 Å². The third-order valence-electron chi connectivity index (χ3n) is 7.78. The van der Waals surface area contributed by atoms with Crippen molar-refractivity contribution in [3.8, 4) is 17.0 Å². The smallest absolute Gasteiger partial charge is 0.303 e. The molecule has 0 radical (unpaired) electrons. The van der Waals surface area contributed by atoms with Crippen molar-refractivity contribution in [1.29, 1.82) is 0 Å². The van der Waals surface area contributed by atoms with Crippen LogP contribution in [0.1, 0.15) is 65.2 Å². The minimum Gasteiger partial charge on any atom is -0.497 e. The number of methoxy groups -OCH3 is 1. The number of carbonyl (C=O) groups is 2. The Labute approximate surface area is 234 Å². The number of aliphatic carboxylic acids is 1. The van der Waals surface area contributed by atoms with E-state index >= 15 is 0 Å². The van der Waals surface area contributed by atoms with E-state index < -0.39 is 5.97 Å². The zero-order chi connectivity index (χ0) is 28.1. The van der Waals surface area contributed by atoms with E-state index in [-0.39, 0.29) is 12.3 Å². The van der Waals surface area contributed by atoms with Gasteiger partial charge in [0, 0.05) is 30.6 Å². The largest absolute Gasteiger partial charge is 0.497 e. The number of fused-ring (bicyclic) bond motifs is 1. The molecule has 206 valence electrons. The van der Waals surface area contributed by atoms with Crippen LogP contribution in [0.25, 0.3) is 22.3 Å². The summed E-state index contributed by atoms with van der Waals surface area (Å²) in [6.07, 6.45) is 3.87. The van der Waals surface area contributed by atoms with Crippen LogP contribution in [0.15, 0.2) is 66.7 Å². The molecular weight excluding hydrogens is 502 g/mol. The number of unbranched alkanes of at least 4 members (excludes halogenated alkanes) is 1. The Hall–Kier alpha value is -4.26. The number of likely N-dealkylation sites (tertiary alicyclic amines) is 1. The van der Waals surface area contributed by atoms with Gasteiger partial charge in [-0.15, -0.1) is 0 Å². The summed E-state index contributed by atoms with van der Waals surface area (Å²) in [6.45, 7) is 3.47. The highest BCUT2D eigenvalue weighted by atomic mass is 16.5. The number of benzene rings is 3. The van der Waals surface area contributed by atoms with Gasteiger partial charge in [0.15, 0.2) is 0 Å². The average Bonchev–Trinajstić information content (AvgIpc) is 2.98. The fraction of sp³-hybridized carbons (Fsp3) is 0.333. The van der Waals surface area contributed by atoms with Gasteiger partial charge in [0.25, 0.3) is 5.91 Å². The second-order valence-electron chi connectivity index (χ2n) is 10.5. The van der Waals surface area contributed by atoms with Gasteiger partial charge in [-0.25, -0.2) is 9.97 Å². The molecule has 0 unspecified atom stereocenters. The summed E-state index contributed by atoms with van der Waals surface area (Å²) in [4.78, 5) is 36.4. The quantitative estimate of drug-likeness (QED) is 0.247. The molecule has 0 spiro atoms. The number of carbonyl (C=O) groups excluding carboxylic acids is 1. The molecular formula is C33H35N3O4. The Morgan fingerprint density at radius 3 is 2.42 bits per heavy atom. The SMILES string of the molecule is COc1ccc(-c2nc3ccc(C(=O)N4CCC(c5ccccc5)CC4)cc3nc2CCCCC(=O)O)c(C)c1. The lowest BCUT2D eigenvalue weighted by Gasteiger charge is -2.32. The fourth-order valence-corrected chi connectivity index (χ4v) is 5.54. The van der Waals surface area contributed by atoms with Gasteiger partial charge in [-0.1, -0.05) is 30.3 Å².